The molecule has 0 spiro atoms. The van der Waals surface area contributed by atoms with Gasteiger partial charge in [0.2, 0.25) is 0 Å². The standard InChI is InChI=1S/C13H20F3N5O2/c1-9(7-21-3-5-23-6-4-21)17-12(22)18-10-8-20(2)19-11(10)13(14,15)16/h8-9H,3-7H2,1-2H3,(H2,17,18,22). The second kappa shape index (κ2) is 7.18. The minimum Gasteiger partial charge on any atom is -0.379 e. The molecule has 1 aromatic rings. The molecule has 1 aromatic heterocycles. The normalized spacial score (nSPS) is 17.8. The van der Waals surface area contributed by atoms with Crippen molar-refractivity contribution >= 4 is 11.7 Å². The minimum atomic E-state index is -4.62. The third kappa shape index (κ3) is 5.10. The number of carbonyl (C=O) groups excluding carboxylic acids is 1. The Bertz CT molecular complexity index is 540. The van der Waals surface area contributed by atoms with Crippen molar-refractivity contribution in [3.05, 3.63) is 11.9 Å². The van der Waals surface area contributed by atoms with Crippen LogP contribution in [0.2, 0.25) is 0 Å². The van der Waals surface area contributed by atoms with E-state index in [2.05, 4.69) is 20.6 Å². The SMILES string of the molecule is CC(CN1CCOCC1)NC(=O)Nc1cn(C)nc1C(F)(F)F. The van der Waals surface area contributed by atoms with Crippen molar-refractivity contribution in [2.75, 3.05) is 38.2 Å². The predicted molar refractivity (Wildman–Crippen MR) is 77.1 cm³/mol. The third-order valence-electron chi connectivity index (χ3n) is 3.36. The monoisotopic (exact) mass is 335 g/mol. The average molecular weight is 335 g/mol. The second-order valence-electron chi connectivity index (χ2n) is 5.48. The van der Waals surface area contributed by atoms with Gasteiger partial charge in [0.1, 0.15) is 0 Å². The molecular formula is C13H20F3N5O2. The fourth-order valence-electron chi connectivity index (χ4n) is 2.39. The molecule has 2 heterocycles. The summed E-state index contributed by atoms with van der Waals surface area (Å²) in [5.74, 6) is 0. The van der Waals surface area contributed by atoms with Gasteiger partial charge in [-0.3, -0.25) is 9.58 Å². The average Bonchev–Trinajstić information content (AvgIpc) is 2.80. The van der Waals surface area contributed by atoms with Gasteiger partial charge in [-0.1, -0.05) is 0 Å². The lowest BCUT2D eigenvalue weighted by Crippen LogP contribution is -2.47. The molecule has 1 unspecified atom stereocenters. The van der Waals surface area contributed by atoms with Crippen LogP contribution in [0.25, 0.3) is 0 Å². The number of rotatable bonds is 4. The van der Waals surface area contributed by atoms with Crippen LogP contribution >= 0.6 is 0 Å². The fraction of sp³-hybridized carbons (Fsp3) is 0.692. The maximum absolute atomic E-state index is 12.8. The van der Waals surface area contributed by atoms with Crippen molar-refractivity contribution < 1.29 is 22.7 Å². The molecule has 0 aromatic carbocycles. The van der Waals surface area contributed by atoms with Crippen LogP contribution in [0.1, 0.15) is 12.6 Å². The molecule has 23 heavy (non-hydrogen) atoms. The first-order valence-electron chi connectivity index (χ1n) is 7.24. The van der Waals surface area contributed by atoms with E-state index in [9.17, 15) is 18.0 Å². The van der Waals surface area contributed by atoms with E-state index < -0.39 is 17.9 Å². The van der Waals surface area contributed by atoms with Gasteiger partial charge in [-0.2, -0.15) is 18.3 Å². The molecule has 2 amide bonds. The molecule has 0 aliphatic carbocycles. The number of hydrogen-bond donors (Lipinski definition) is 2. The van der Waals surface area contributed by atoms with Gasteiger partial charge in [-0.25, -0.2) is 4.79 Å². The van der Waals surface area contributed by atoms with E-state index in [0.29, 0.717) is 19.8 Å². The molecule has 2 rings (SSSR count). The van der Waals surface area contributed by atoms with Gasteiger partial charge in [-0.05, 0) is 6.92 Å². The van der Waals surface area contributed by atoms with Crippen LogP contribution in [0.15, 0.2) is 6.20 Å². The van der Waals surface area contributed by atoms with Crippen LogP contribution < -0.4 is 10.6 Å². The highest BCUT2D eigenvalue weighted by atomic mass is 19.4. The number of hydrogen-bond acceptors (Lipinski definition) is 4. The van der Waals surface area contributed by atoms with Crippen molar-refractivity contribution in [1.29, 1.82) is 0 Å². The number of urea groups is 1. The van der Waals surface area contributed by atoms with E-state index in [1.54, 1.807) is 6.92 Å². The molecule has 1 aliphatic rings. The zero-order valence-corrected chi connectivity index (χ0v) is 13.0. The first kappa shape index (κ1) is 17.5. The van der Waals surface area contributed by atoms with Gasteiger partial charge in [0, 0.05) is 38.9 Å². The van der Waals surface area contributed by atoms with E-state index in [-0.39, 0.29) is 11.7 Å². The minimum absolute atomic E-state index is 0.209. The van der Waals surface area contributed by atoms with Crippen molar-refractivity contribution in [3.63, 3.8) is 0 Å². The second-order valence-corrected chi connectivity index (χ2v) is 5.48. The lowest BCUT2D eigenvalue weighted by Gasteiger charge is -2.29. The molecular weight excluding hydrogens is 315 g/mol. The summed E-state index contributed by atoms with van der Waals surface area (Å²) < 4.78 is 44.7. The summed E-state index contributed by atoms with van der Waals surface area (Å²) in [4.78, 5) is 14.0. The van der Waals surface area contributed by atoms with Crippen LogP contribution in [0, 0.1) is 0 Å². The number of nitrogens with one attached hydrogen (secondary N) is 2. The summed E-state index contributed by atoms with van der Waals surface area (Å²) in [7, 11) is 1.36. The number of alkyl halides is 3. The van der Waals surface area contributed by atoms with E-state index in [0.717, 1.165) is 24.0 Å². The number of halogens is 3. The van der Waals surface area contributed by atoms with E-state index >= 15 is 0 Å². The molecule has 1 fully saturated rings. The molecule has 130 valence electrons. The Hall–Kier alpha value is -1.81. The topological polar surface area (TPSA) is 71.4 Å². The Balaban J connectivity index is 1.89. The third-order valence-corrected chi connectivity index (χ3v) is 3.36. The number of ether oxygens (including phenoxy) is 1. The van der Waals surface area contributed by atoms with Gasteiger partial charge in [0.25, 0.3) is 0 Å². The number of amides is 2. The first-order chi connectivity index (χ1) is 10.8. The van der Waals surface area contributed by atoms with E-state index in [1.807, 2.05) is 0 Å². The van der Waals surface area contributed by atoms with Gasteiger partial charge in [0.15, 0.2) is 5.69 Å². The van der Waals surface area contributed by atoms with Crippen molar-refractivity contribution in [3.8, 4) is 0 Å². The smallest absolute Gasteiger partial charge is 0.379 e. The summed E-state index contributed by atoms with van der Waals surface area (Å²) >= 11 is 0. The molecule has 1 atom stereocenters. The number of morpholine rings is 1. The number of aromatic nitrogens is 2. The maximum Gasteiger partial charge on any atom is 0.437 e. The zero-order valence-electron chi connectivity index (χ0n) is 13.0. The number of anilines is 1. The van der Waals surface area contributed by atoms with Gasteiger partial charge in [0.05, 0.1) is 18.9 Å². The van der Waals surface area contributed by atoms with Crippen LogP contribution in [-0.4, -0.2) is 59.6 Å². The Kier molecular flexibility index (Phi) is 5.47. The summed E-state index contributed by atoms with van der Waals surface area (Å²) in [6.07, 6.45) is -3.50. The zero-order chi connectivity index (χ0) is 17.0. The molecule has 1 aliphatic heterocycles. The fourth-order valence-corrected chi connectivity index (χ4v) is 2.39. The van der Waals surface area contributed by atoms with E-state index in [1.165, 1.54) is 7.05 Å². The van der Waals surface area contributed by atoms with Crippen LogP contribution in [-0.2, 0) is 18.0 Å². The first-order valence-corrected chi connectivity index (χ1v) is 7.24. The van der Waals surface area contributed by atoms with E-state index in [4.69, 9.17) is 4.74 Å². The summed E-state index contributed by atoms with van der Waals surface area (Å²) in [6.45, 7) is 5.23. The Morgan fingerprint density at radius 1 is 1.43 bits per heavy atom. The van der Waals surface area contributed by atoms with Crippen molar-refractivity contribution in [1.82, 2.24) is 20.0 Å². The van der Waals surface area contributed by atoms with Gasteiger partial charge in [-0.15, -0.1) is 0 Å². The van der Waals surface area contributed by atoms with Crippen LogP contribution in [0.4, 0.5) is 23.7 Å². The molecule has 0 bridgehead atoms. The highest BCUT2D eigenvalue weighted by Crippen LogP contribution is 2.33. The molecule has 0 radical (unpaired) electrons. The maximum atomic E-state index is 12.8. The molecule has 1 saturated heterocycles. The van der Waals surface area contributed by atoms with Crippen molar-refractivity contribution in [2.45, 2.75) is 19.1 Å². The number of carbonyl (C=O) groups is 1. The predicted octanol–water partition coefficient (Wildman–Crippen LogP) is 1.28. The van der Waals surface area contributed by atoms with Crippen LogP contribution in [0.5, 0.6) is 0 Å². The number of nitrogens with zero attached hydrogens (tertiary/aromatic N) is 3. The molecule has 0 saturated carbocycles. The Morgan fingerprint density at radius 3 is 2.70 bits per heavy atom. The summed E-state index contributed by atoms with van der Waals surface area (Å²) in [5.41, 5.74) is -1.48. The quantitative estimate of drug-likeness (QED) is 0.870. The summed E-state index contributed by atoms with van der Waals surface area (Å²) in [5, 5.41) is 8.17. The van der Waals surface area contributed by atoms with Crippen molar-refractivity contribution in [2.24, 2.45) is 7.05 Å². The van der Waals surface area contributed by atoms with Gasteiger partial charge >= 0.3 is 12.2 Å². The largest absolute Gasteiger partial charge is 0.437 e. The highest BCUT2D eigenvalue weighted by molar-refractivity contribution is 5.90. The highest BCUT2D eigenvalue weighted by Gasteiger charge is 2.37. The molecule has 2 N–H and O–H groups in total. The molecule has 10 heteroatoms. The van der Waals surface area contributed by atoms with Gasteiger partial charge < -0.3 is 15.4 Å². The summed E-state index contributed by atoms with van der Waals surface area (Å²) in [6, 6.07) is -0.900. The molecule has 7 nitrogen and oxygen atoms in total. The Morgan fingerprint density at radius 2 is 2.09 bits per heavy atom. The van der Waals surface area contributed by atoms with Crippen LogP contribution in [0.3, 0.4) is 0 Å². The number of aryl methyl sites for hydroxylation is 1. The Labute approximate surface area is 131 Å². The lowest BCUT2D eigenvalue weighted by atomic mass is 10.3. The lowest BCUT2D eigenvalue weighted by molar-refractivity contribution is -0.140.